The summed E-state index contributed by atoms with van der Waals surface area (Å²) in [5.41, 5.74) is 9.69. The lowest BCUT2D eigenvalue weighted by atomic mass is 10.8. The molecule has 5 nitrogen and oxygen atoms in total. The van der Waals surface area contributed by atoms with Gasteiger partial charge >= 0.3 is 8.25 Å². The summed E-state index contributed by atoms with van der Waals surface area (Å²) < 4.78 is 8.74. The molecule has 0 heterocycles. The topological polar surface area (TPSA) is 110 Å². The van der Waals surface area contributed by atoms with Crippen LogP contribution >= 0.6 is 8.25 Å². The minimum absolute atomic E-state index is 0.750. The van der Waals surface area contributed by atoms with Crippen molar-refractivity contribution in [2.24, 2.45) is 11.5 Å². The van der Waals surface area contributed by atoms with Crippen molar-refractivity contribution < 1.29 is 14.4 Å². The fourth-order valence-corrected chi connectivity index (χ4v) is 0. The average molecular weight is 172 g/mol. The summed E-state index contributed by atoms with van der Waals surface area (Å²) >= 11 is 0. The summed E-state index contributed by atoms with van der Waals surface area (Å²) in [7, 11) is -3.13. The molecule has 0 spiro atoms. The Hall–Kier alpha value is 0.0700. The fourth-order valence-electron chi connectivity index (χ4n) is 0. The first-order chi connectivity index (χ1) is 4.56. The third-order valence-electron chi connectivity index (χ3n) is 0. The second-order valence-electron chi connectivity index (χ2n) is 1.10. The molecule has 0 aliphatic carbocycles. The average Bonchev–Trinajstić information content (AvgIpc) is 1.65. The summed E-state index contributed by atoms with van der Waals surface area (Å²) in [5.74, 6) is 0. The molecule has 6 heteroatoms. The van der Waals surface area contributed by atoms with Gasteiger partial charge in [-0.05, 0) is 13.1 Å². The van der Waals surface area contributed by atoms with Crippen LogP contribution in [0, 0.1) is 0 Å². The predicted octanol–water partition coefficient (Wildman–Crippen LogP) is -0.709. The largest absolute Gasteiger partial charge is 0.331 e. The molecule has 0 unspecified atom stereocenters. The van der Waals surface area contributed by atoms with Crippen LogP contribution in [0.15, 0.2) is 0 Å². The van der Waals surface area contributed by atoms with Gasteiger partial charge in [0.1, 0.15) is 0 Å². The van der Waals surface area contributed by atoms with Crippen LogP contribution in [0.3, 0.4) is 0 Å². The molecule has 6 N–H and O–H groups in total. The van der Waals surface area contributed by atoms with Crippen LogP contribution in [0.25, 0.3) is 0 Å². The summed E-state index contributed by atoms with van der Waals surface area (Å²) in [4.78, 5) is 14.3. The van der Waals surface area contributed by atoms with Crippen molar-refractivity contribution >= 4 is 8.25 Å². The van der Waals surface area contributed by atoms with E-state index in [1.54, 1.807) is 0 Å². The van der Waals surface area contributed by atoms with E-state index in [4.69, 9.17) is 25.8 Å². The van der Waals surface area contributed by atoms with E-state index < -0.39 is 8.25 Å². The molecule has 0 atom stereocenters. The number of nitrogens with two attached hydrogens (primary N) is 2. The van der Waals surface area contributed by atoms with Gasteiger partial charge in [-0.25, -0.2) is 0 Å². The molecule has 0 bridgehead atoms. The Morgan fingerprint density at radius 1 is 1.20 bits per heavy atom. The molecule has 0 radical (unpaired) electrons. The van der Waals surface area contributed by atoms with Gasteiger partial charge in [-0.3, -0.25) is 4.57 Å². The maximum Gasteiger partial charge on any atom is 0.314 e. The van der Waals surface area contributed by atoms with Gasteiger partial charge in [0.05, 0.1) is 0 Å². The second-order valence-corrected chi connectivity index (χ2v) is 1.66. The van der Waals surface area contributed by atoms with Gasteiger partial charge in [-0.1, -0.05) is 13.8 Å². The lowest BCUT2D eigenvalue weighted by molar-refractivity contribution is 0.405. The van der Waals surface area contributed by atoms with Crippen LogP contribution in [0.4, 0.5) is 0 Å². The molecule has 0 fully saturated rings. The maximum atomic E-state index is 8.74. The van der Waals surface area contributed by atoms with Gasteiger partial charge in [-0.15, -0.1) is 0 Å². The first-order valence-corrected chi connectivity index (χ1v) is 4.18. The van der Waals surface area contributed by atoms with Gasteiger partial charge in [0.25, 0.3) is 0 Å². The molecular formula is C4H17N2O3P. The van der Waals surface area contributed by atoms with Crippen molar-refractivity contribution in [1.82, 2.24) is 0 Å². The molecule has 0 saturated carbocycles. The number of rotatable bonds is 0. The standard InChI is InChI=1S/2C2H7N.H3O3P/c2*1-2-3;1-4(2)3/h2*2-3H2,1H3;4H,(H2,1,2,3). The lowest BCUT2D eigenvalue weighted by Crippen LogP contribution is -1.87. The van der Waals surface area contributed by atoms with Gasteiger partial charge in [0.2, 0.25) is 0 Å². The molecule has 66 valence electrons. The molecule has 0 aliphatic rings. The molecule has 10 heavy (non-hydrogen) atoms. The first kappa shape index (κ1) is 16.6. The Morgan fingerprint density at radius 2 is 1.20 bits per heavy atom. The predicted molar refractivity (Wildman–Crippen MR) is 42.9 cm³/mol. The highest BCUT2D eigenvalue weighted by Crippen LogP contribution is 1.98. The maximum absolute atomic E-state index is 8.74. The van der Waals surface area contributed by atoms with Gasteiger partial charge in [-0.2, -0.15) is 0 Å². The van der Waals surface area contributed by atoms with E-state index in [2.05, 4.69) is 0 Å². The zero-order valence-corrected chi connectivity index (χ0v) is 7.37. The molecule has 0 aromatic rings. The van der Waals surface area contributed by atoms with E-state index in [1.165, 1.54) is 0 Å². The van der Waals surface area contributed by atoms with Crippen LogP contribution in [-0.4, -0.2) is 22.9 Å². The Kier molecular flexibility index (Phi) is 38.1. The van der Waals surface area contributed by atoms with Crippen molar-refractivity contribution in [3.63, 3.8) is 0 Å². The van der Waals surface area contributed by atoms with Gasteiger partial charge in [0, 0.05) is 0 Å². The number of hydrogen-bond acceptors (Lipinski definition) is 3. The van der Waals surface area contributed by atoms with E-state index in [1.807, 2.05) is 13.8 Å². The fraction of sp³-hybridized carbons (Fsp3) is 1.00. The van der Waals surface area contributed by atoms with Crippen molar-refractivity contribution in [3.05, 3.63) is 0 Å². The third kappa shape index (κ3) is 82300. The Balaban J connectivity index is -0.0000000750. The summed E-state index contributed by atoms with van der Waals surface area (Å²) in [5, 5.41) is 0. The van der Waals surface area contributed by atoms with E-state index >= 15 is 0 Å². The van der Waals surface area contributed by atoms with Gasteiger partial charge < -0.3 is 21.3 Å². The molecule has 0 rings (SSSR count). The molecular weight excluding hydrogens is 155 g/mol. The Bertz CT molecular complexity index is 56.5. The third-order valence-corrected chi connectivity index (χ3v) is 0. The zero-order chi connectivity index (χ0) is 8.99. The Labute approximate surface area is 62.0 Å². The highest BCUT2D eigenvalue weighted by Gasteiger charge is 1.61. The Morgan fingerprint density at radius 3 is 1.20 bits per heavy atom. The minimum Gasteiger partial charge on any atom is -0.331 e. The van der Waals surface area contributed by atoms with E-state index in [0.29, 0.717) is 0 Å². The molecule has 0 aliphatic heterocycles. The molecule has 0 aromatic carbocycles. The summed E-state index contributed by atoms with van der Waals surface area (Å²) in [6.45, 7) is 5.31. The normalized spacial score (nSPS) is 7.10. The minimum atomic E-state index is -3.13. The molecule has 0 amide bonds. The SMILES string of the molecule is CCN.CCN.O=[PH](O)O. The van der Waals surface area contributed by atoms with Crippen LogP contribution in [0.5, 0.6) is 0 Å². The monoisotopic (exact) mass is 172 g/mol. The molecule has 0 aromatic heterocycles. The van der Waals surface area contributed by atoms with Crippen LogP contribution in [-0.2, 0) is 4.57 Å². The van der Waals surface area contributed by atoms with E-state index in [-0.39, 0.29) is 0 Å². The van der Waals surface area contributed by atoms with Crippen molar-refractivity contribution in [3.8, 4) is 0 Å². The van der Waals surface area contributed by atoms with Gasteiger partial charge in [0.15, 0.2) is 0 Å². The summed E-state index contributed by atoms with van der Waals surface area (Å²) in [6.07, 6.45) is 0. The van der Waals surface area contributed by atoms with Crippen molar-refractivity contribution in [2.75, 3.05) is 13.1 Å². The second kappa shape index (κ2) is 23.0. The number of hydrogen-bond donors (Lipinski definition) is 4. The molecule has 0 saturated heterocycles. The van der Waals surface area contributed by atoms with Crippen LogP contribution in [0.1, 0.15) is 13.8 Å². The zero-order valence-electron chi connectivity index (χ0n) is 6.37. The first-order valence-electron chi connectivity index (χ1n) is 2.88. The van der Waals surface area contributed by atoms with Crippen LogP contribution < -0.4 is 11.5 Å². The lowest BCUT2D eigenvalue weighted by Gasteiger charge is -1.61. The van der Waals surface area contributed by atoms with Crippen molar-refractivity contribution in [2.45, 2.75) is 13.8 Å². The smallest absolute Gasteiger partial charge is 0.314 e. The quantitative estimate of drug-likeness (QED) is 0.361. The summed E-state index contributed by atoms with van der Waals surface area (Å²) in [6, 6.07) is 0. The highest BCUT2D eigenvalue weighted by atomic mass is 31.1. The van der Waals surface area contributed by atoms with E-state index in [0.717, 1.165) is 13.1 Å². The van der Waals surface area contributed by atoms with E-state index in [9.17, 15) is 0 Å². The highest BCUT2D eigenvalue weighted by molar-refractivity contribution is 7.30. The van der Waals surface area contributed by atoms with Crippen molar-refractivity contribution in [1.29, 1.82) is 0 Å². The van der Waals surface area contributed by atoms with Crippen LogP contribution in [0.2, 0.25) is 0 Å².